The number of benzene rings is 4. The van der Waals surface area contributed by atoms with Gasteiger partial charge in [-0.05, 0) is 39.7 Å². The lowest BCUT2D eigenvalue weighted by molar-refractivity contribution is 0.739. The van der Waals surface area contributed by atoms with Crippen molar-refractivity contribution in [3.05, 3.63) is 127 Å². The van der Waals surface area contributed by atoms with Gasteiger partial charge >= 0.3 is 0 Å². The first-order valence-corrected chi connectivity index (χ1v) is 18.5. The summed E-state index contributed by atoms with van der Waals surface area (Å²) in [5, 5.41) is 12.6. The Hall–Kier alpha value is -3.48. The van der Waals surface area contributed by atoms with Gasteiger partial charge in [-0.15, -0.1) is 0 Å². The van der Waals surface area contributed by atoms with Crippen LogP contribution in [0.25, 0.3) is 5.69 Å². The highest BCUT2D eigenvalue weighted by atomic mass is 28.3. The van der Waals surface area contributed by atoms with Crippen LogP contribution in [0.15, 0.2) is 121 Å². The van der Waals surface area contributed by atoms with Crippen molar-refractivity contribution in [2.75, 3.05) is 0 Å². The largest absolute Gasteiger partial charge is 0.242 e. The van der Waals surface area contributed by atoms with E-state index >= 15 is 0 Å². The Morgan fingerprint density at radius 1 is 0.579 bits per heavy atom. The van der Waals surface area contributed by atoms with Crippen LogP contribution in [-0.2, 0) is 0 Å². The van der Waals surface area contributed by atoms with Crippen LogP contribution < -0.4 is 26.1 Å². The van der Waals surface area contributed by atoms with Gasteiger partial charge in [0.25, 0.3) is 0 Å². The molecular weight excluding hydrogens is 493 g/mol. The van der Waals surface area contributed by atoms with E-state index in [2.05, 4.69) is 167 Å². The van der Waals surface area contributed by atoms with Crippen molar-refractivity contribution in [1.82, 2.24) is 9.78 Å². The van der Waals surface area contributed by atoms with Crippen molar-refractivity contribution in [3.8, 4) is 5.69 Å². The van der Waals surface area contributed by atoms with Crippen LogP contribution >= 0.6 is 0 Å². The second-order valence-electron chi connectivity index (χ2n) is 11.8. The summed E-state index contributed by atoms with van der Waals surface area (Å²) in [4.78, 5) is 0. The van der Waals surface area contributed by atoms with E-state index in [0.29, 0.717) is 0 Å². The lowest BCUT2D eigenvalue weighted by atomic mass is 10.2. The zero-order chi connectivity index (χ0) is 27.0. The predicted molar refractivity (Wildman–Crippen MR) is 169 cm³/mol. The first-order valence-electron chi connectivity index (χ1n) is 13.5. The maximum atomic E-state index is 5.39. The average molecular weight is 531 g/mol. The fraction of sp³-hybridized carbons (Fsp3) is 0.206. The van der Waals surface area contributed by atoms with Crippen LogP contribution in [0.4, 0.5) is 0 Å². The van der Waals surface area contributed by atoms with Gasteiger partial charge in [-0.25, -0.2) is 4.68 Å². The van der Waals surface area contributed by atoms with Crippen LogP contribution in [0.5, 0.6) is 0 Å². The molecule has 5 rings (SSSR count). The number of nitrogens with zero attached hydrogens (tertiary/aromatic N) is 2. The summed E-state index contributed by atoms with van der Waals surface area (Å²) < 4.78 is 2.29. The van der Waals surface area contributed by atoms with Crippen LogP contribution in [0, 0.1) is 6.92 Å². The average Bonchev–Trinajstić information content (AvgIpc) is 3.28. The summed E-state index contributed by atoms with van der Waals surface area (Å²) in [7, 11) is -4.84. The molecule has 192 valence electrons. The van der Waals surface area contributed by atoms with Crippen LogP contribution in [0.2, 0.25) is 18.1 Å². The fourth-order valence-corrected chi connectivity index (χ4v) is 16.5. The summed E-state index contributed by atoms with van der Waals surface area (Å²) in [5.74, 6) is 0. The molecule has 0 saturated heterocycles. The lowest BCUT2D eigenvalue weighted by Gasteiger charge is -2.46. The highest BCUT2D eigenvalue weighted by molar-refractivity contribution is 7.17. The molecule has 0 spiro atoms. The molecule has 0 saturated carbocycles. The molecule has 0 N–H and O–H groups in total. The van der Waals surface area contributed by atoms with Gasteiger partial charge in [0, 0.05) is 5.32 Å². The molecule has 2 nitrogen and oxygen atoms in total. The third kappa shape index (κ3) is 4.22. The number of rotatable bonds is 6. The molecule has 4 aromatic carbocycles. The summed E-state index contributed by atoms with van der Waals surface area (Å²) in [6.07, 6.45) is 0. The van der Waals surface area contributed by atoms with E-state index in [1.807, 2.05) is 0 Å². The molecule has 0 aliphatic carbocycles. The Bertz CT molecular complexity index is 1460. The molecule has 0 unspecified atom stereocenters. The highest BCUT2D eigenvalue weighted by Gasteiger charge is 2.54. The zero-order valence-corrected chi connectivity index (χ0v) is 25.4. The molecule has 4 heteroatoms. The minimum atomic E-state index is -2.62. The first-order chi connectivity index (χ1) is 18.2. The molecule has 5 aromatic rings. The normalized spacial score (nSPS) is 12.5. The molecule has 0 radical (unpaired) electrons. The molecule has 0 bridgehead atoms. The third-order valence-corrected chi connectivity index (χ3v) is 17.7. The molecule has 0 aliphatic rings. The minimum Gasteiger partial charge on any atom is -0.242 e. The Morgan fingerprint density at radius 2 is 0.974 bits per heavy atom. The Balaban J connectivity index is 1.99. The topological polar surface area (TPSA) is 17.8 Å². The van der Waals surface area contributed by atoms with Gasteiger partial charge in [-0.3, -0.25) is 0 Å². The van der Waals surface area contributed by atoms with E-state index in [1.165, 1.54) is 26.1 Å². The Labute approximate surface area is 230 Å². The number of hydrogen-bond acceptors (Lipinski definition) is 1. The van der Waals surface area contributed by atoms with E-state index in [4.69, 9.17) is 5.10 Å². The fourth-order valence-electron chi connectivity index (χ4n) is 6.37. The molecule has 0 amide bonds. The van der Waals surface area contributed by atoms with E-state index < -0.39 is 16.1 Å². The zero-order valence-electron chi connectivity index (χ0n) is 23.4. The second kappa shape index (κ2) is 10.0. The SMILES string of the molecule is Cc1nn(-c2ccccc2)c([Si](C)(C)c2ccccc2)c1[Si](c1ccccc1)(c1ccccc1)C(C)(C)C. The van der Waals surface area contributed by atoms with Crippen molar-refractivity contribution in [1.29, 1.82) is 0 Å². The monoisotopic (exact) mass is 530 g/mol. The second-order valence-corrected chi connectivity index (χ2v) is 20.7. The number of aromatic nitrogens is 2. The van der Waals surface area contributed by atoms with Gasteiger partial charge in [-0.2, -0.15) is 5.10 Å². The number of hydrogen-bond donors (Lipinski definition) is 0. The van der Waals surface area contributed by atoms with E-state index in [-0.39, 0.29) is 5.04 Å². The molecule has 1 aromatic heterocycles. The molecule has 1 heterocycles. The Kier molecular flexibility index (Phi) is 6.89. The molecule has 38 heavy (non-hydrogen) atoms. The summed E-state index contributed by atoms with van der Waals surface area (Å²) in [6, 6.07) is 44.4. The van der Waals surface area contributed by atoms with Crippen LogP contribution in [0.1, 0.15) is 26.5 Å². The molecule has 0 atom stereocenters. The summed E-state index contributed by atoms with van der Waals surface area (Å²) in [5.41, 5.74) is 2.28. The third-order valence-electron chi connectivity index (χ3n) is 8.06. The van der Waals surface area contributed by atoms with Crippen LogP contribution in [0.3, 0.4) is 0 Å². The molecule has 0 aliphatic heterocycles. The van der Waals surface area contributed by atoms with Gasteiger partial charge in [0.05, 0.1) is 11.4 Å². The van der Waals surface area contributed by atoms with Gasteiger partial charge in [0.2, 0.25) is 0 Å². The van der Waals surface area contributed by atoms with E-state index in [1.54, 1.807) is 0 Å². The van der Waals surface area contributed by atoms with E-state index in [0.717, 1.165) is 11.4 Å². The Morgan fingerprint density at radius 3 is 1.39 bits per heavy atom. The molecule has 0 fully saturated rings. The standard InChI is InChI=1S/C34H38N2Si2/c1-27-32(38(34(2,3)4,30-23-15-9-16-24-30)31-25-17-10-18-26-31)33(36(35-27)28-19-11-7-12-20-28)37(5,6)29-21-13-8-14-22-29/h7-26H,1-6H3. The summed E-state index contributed by atoms with van der Waals surface area (Å²) >= 11 is 0. The van der Waals surface area contributed by atoms with Gasteiger partial charge in [0.15, 0.2) is 8.07 Å². The minimum absolute atomic E-state index is 0.0130. The maximum absolute atomic E-state index is 5.39. The maximum Gasteiger partial charge on any atom is 0.157 e. The first kappa shape index (κ1) is 26.1. The van der Waals surface area contributed by atoms with Crippen molar-refractivity contribution in [2.45, 2.75) is 45.8 Å². The summed E-state index contributed by atoms with van der Waals surface area (Å²) in [6.45, 7) is 14.6. The quantitative estimate of drug-likeness (QED) is 0.273. The van der Waals surface area contributed by atoms with Crippen molar-refractivity contribution in [2.24, 2.45) is 0 Å². The van der Waals surface area contributed by atoms with Crippen molar-refractivity contribution < 1.29 is 0 Å². The molecular formula is C34H38N2Si2. The predicted octanol–water partition coefficient (Wildman–Crippen LogP) is 5.27. The van der Waals surface area contributed by atoms with Gasteiger partial charge in [0.1, 0.15) is 8.07 Å². The van der Waals surface area contributed by atoms with Crippen LogP contribution in [-0.4, -0.2) is 25.9 Å². The van der Waals surface area contributed by atoms with Gasteiger partial charge < -0.3 is 0 Å². The number of para-hydroxylation sites is 1. The van der Waals surface area contributed by atoms with Crippen molar-refractivity contribution in [3.63, 3.8) is 0 Å². The smallest absolute Gasteiger partial charge is 0.157 e. The lowest BCUT2D eigenvalue weighted by Crippen LogP contribution is -2.78. The highest BCUT2D eigenvalue weighted by Crippen LogP contribution is 2.36. The number of aryl methyl sites for hydroxylation is 1. The van der Waals surface area contributed by atoms with E-state index in [9.17, 15) is 0 Å². The van der Waals surface area contributed by atoms with Crippen molar-refractivity contribution >= 4 is 42.2 Å². The van der Waals surface area contributed by atoms with Gasteiger partial charge in [-0.1, -0.05) is 148 Å².